The Labute approximate surface area is 151 Å². The third-order valence-electron chi connectivity index (χ3n) is 4.57. The number of rotatable bonds is 3. The lowest BCUT2D eigenvalue weighted by atomic mass is 9.72. The van der Waals surface area contributed by atoms with E-state index in [4.69, 9.17) is 4.74 Å². The molecule has 0 fully saturated rings. The SMILES string of the molecule is COC(=O)NC(=O)[C@H](C)OC(=O)c1cc2c(s1)CC[C@@H](C(C)(C)C)C2. The number of fused-ring (bicyclic) bond motifs is 1. The fraction of sp³-hybridized carbons (Fsp3) is 0.611. The number of aryl methyl sites for hydroxylation is 1. The number of hydrogen-bond donors (Lipinski definition) is 1. The van der Waals surface area contributed by atoms with Crippen LogP contribution in [-0.2, 0) is 27.1 Å². The van der Waals surface area contributed by atoms with Crippen molar-refractivity contribution in [3.05, 3.63) is 21.4 Å². The molecule has 1 aromatic heterocycles. The van der Waals surface area contributed by atoms with Gasteiger partial charge in [0.15, 0.2) is 6.10 Å². The second-order valence-electron chi connectivity index (χ2n) is 7.39. The summed E-state index contributed by atoms with van der Waals surface area (Å²) < 4.78 is 9.51. The lowest BCUT2D eigenvalue weighted by Crippen LogP contribution is -2.39. The van der Waals surface area contributed by atoms with Crippen LogP contribution in [0.25, 0.3) is 0 Å². The number of carbonyl (C=O) groups is 3. The van der Waals surface area contributed by atoms with Crippen LogP contribution in [0.2, 0.25) is 0 Å². The van der Waals surface area contributed by atoms with E-state index >= 15 is 0 Å². The number of nitrogens with one attached hydrogen (secondary N) is 1. The highest BCUT2D eigenvalue weighted by Gasteiger charge is 2.31. The predicted octanol–water partition coefficient (Wildman–Crippen LogP) is 3.33. The van der Waals surface area contributed by atoms with E-state index in [2.05, 4.69) is 25.5 Å². The Morgan fingerprint density at radius 2 is 2.00 bits per heavy atom. The second-order valence-corrected chi connectivity index (χ2v) is 8.53. The van der Waals surface area contributed by atoms with Crippen LogP contribution in [0.15, 0.2) is 6.07 Å². The van der Waals surface area contributed by atoms with Gasteiger partial charge >= 0.3 is 12.1 Å². The minimum atomic E-state index is -1.08. The maximum absolute atomic E-state index is 12.3. The van der Waals surface area contributed by atoms with Crippen LogP contribution in [0, 0.1) is 11.3 Å². The van der Waals surface area contributed by atoms with E-state index < -0.39 is 24.1 Å². The Morgan fingerprint density at radius 1 is 1.32 bits per heavy atom. The molecule has 2 amide bonds. The average Bonchev–Trinajstić information content (AvgIpc) is 2.96. The summed E-state index contributed by atoms with van der Waals surface area (Å²) in [6.45, 7) is 8.14. The average molecular weight is 367 g/mol. The molecule has 0 spiro atoms. The highest BCUT2D eigenvalue weighted by Crippen LogP contribution is 2.40. The fourth-order valence-electron chi connectivity index (χ4n) is 2.89. The normalized spacial score (nSPS) is 18.0. The third-order valence-corrected chi connectivity index (χ3v) is 5.79. The molecule has 0 bridgehead atoms. The van der Waals surface area contributed by atoms with Gasteiger partial charge in [0.25, 0.3) is 5.91 Å². The molecule has 1 aliphatic rings. The molecule has 1 aliphatic carbocycles. The molecule has 0 unspecified atom stereocenters. The zero-order valence-corrected chi connectivity index (χ0v) is 16.1. The molecule has 1 N–H and O–H groups in total. The minimum Gasteiger partial charge on any atom is -0.453 e. The number of thiophene rings is 1. The van der Waals surface area contributed by atoms with E-state index in [1.807, 2.05) is 11.4 Å². The van der Waals surface area contributed by atoms with Crippen LogP contribution < -0.4 is 5.32 Å². The van der Waals surface area contributed by atoms with Crippen molar-refractivity contribution in [1.82, 2.24) is 5.32 Å². The largest absolute Gasteiger partial charge is 0.453 e. The quantitative estimate of drug-likeness (QED) is 0.829. The number of esters is 1. The van der Waals surface area contributed by atoms with Gasteiger partial charge in [-0.05, 0) is 49.1 Å². The molecule has 0 saturated carbocycles. The fourth-order valence-corrected chi connectivity index (χ4v) is 3.98. The van der Waals surface area contributed by atoms with Crippen LogP contribution in [0.5, 0.6) is 0 Å². The Balaban J connectivity index is 2.01. The molecule has 0 aliphatic heterocycles. The molecule has 2 rings (SSSR count). The van der Waals surface area contributed by atoms with Gasteiger partial charge in [-0.3, -0.25) is 10.1 Å². The summed E-state index contributed by atoms with van der Waals surface area (Å²) in [5.74, 6) is -0.670. The first kappa shape index (κ1) is 19.4. The summed E-state index contributed by atoms with van der Waals surface area (Å²) in [6.07, 6.45) is 1.08. The van der Waals surface area contributed by atoms with Gasteiger partial charge in [0.1, 0.15) is 4.88 Å². The second kappa shape index (κ2) is 7.56. The lowest BCUT2D eigenvalue weighted by Gasteiger charge is -2.33. The number of carbonyl (C=O) groups excluding carboxylic acids is 3. The van der Waals surface area contributed by atoms with Gasteiger partial charge in [-0.2, -0.15) is 0 Å². The van der Waals surface area contributed by atoms with E-state index in [1.165, 1.54) is 28.7 Å². The number of alkyl carbamates (subject to hydrolysis) is 1. The van der Waals surface area contributed by atoms with Gasteiger partial charge in [0.05, 0.1) is 7.11 Å². The van der Waals surface area contributed by atoms with Crippen molar-refractivity contribution in [2.24, 2.45) is 11.3 Å². The number of methoxy groups -OCH3 is 1. The Kier molecular flexibility index (Phi) is 5.87. The number of ether oxygens (including phenoxy) is 2. The maximum atomic E-state index is 12.3. The molecule has 0 radical (unpaired) electrons. The maximum Gasteiger partial charge on any atom is 0.413 e. The monoisotopic (exact) mass is 367 g/mol. The van der Waals surface area contributed by atoms with Gasteiger partial charge in [0.2, 0.25) is 0 Å². The van der Waals surface area contributed by atoms with E-state index in [-0.39, 0.29) is 5.41 Å². The van der Waals surface area contributed by atoms with Crippen molar-refractivity contribution in [3.8, 4) is 0 Å². The highest BCUT2D eigenvalue weighted by molar-refractivity contribution is 7.14. The van der Waals surface area contributed by atoms with Crippen molar-refractivity contribution in [2.45, 2.75) is 53.1 Å². The van der Waals surface area contributed by atoms with E-state index in [0.29, 0.717) is 10.8 Å². The molecule has 1 heterocycles. The molecular formula is C18H25NO5S. The van der Waals surface area contributed by atoms with Gasteiger partial charge in [0, 0.05) is 4.88 Å². The van der Waals surface area contributed by atoms with Gasteiger partial charge in [-0.1, -0.05) is 20.8 Å². The van der Waals surface area contributed by atoms with E-state index in [9.17, 15) is 14.4 Å². The first-order valence-electron chi connectivity index (χ1n) is 8.33. The first-order chi connectivity index (χ1) is 11.6. The van der Waals surface area contributed by atoms with Gasteiger partial charge in [-0.15, -0.1) is 11.3 Å². The van der Waals surface area contributed by atoms with Crippen LogP contribution in [0.3, 0.4) is 0 Å². The molecule has 7 heteroatoms. The Hall–Kier alpha value is -1.89. The molecule has 0 aromatic carbocycles. The van der Waals surface area contributed by atoms with Gasteiger partial charge in [-0.25, -0.2) is 9.59 Å². The number of imide groups is 1. The van der Waals surface area contributed by atoms with Crippen molar-refractivity contribution >= 4 is 29.3 Å². The summed E-state index contributed by atoms with van der Waals surface area (Å²) >= 11 is 1.43. The highest BCUT2D eigenvalue weighted by atomic mass is 32.1. The van der Waals surface area contributed by atoms with Gasteiger partial charge < -0.3 is 9.47 Å². The molecular weight excluding hydrogens is 342 g/mol. The number of amides is 2. The standard InChI is InChI=1S/C18H25NO5S/c1-10(15(20)19-17(22)23-5)24-16(21)14-9-11-8-12(18(2,3)4)6-7-13(11)25-14/h9-10,12H,6-8H2,1-5H3,(H,19,20,22)/t10-,12+/m0/s1. The Bertz CT molecular complexity index is 673. The van der Waals surface area contributed by atoms with Crippen molar-refractivity contribution in [2.75, 3.05) is 7.11 Å². The first-order valence-corrected chi connectivity index (χ1v) is 9.14. The molecule has 6 nitrogen and oxygen atoms in total. The van der Waals surface area contributed by atoms with Crippen LogP contribution in [0.1, 0.15) is 54.2 Å². The minimum absolute atomic E-state index is 0.237. The van der Waals surface area contributed by atoms with Crippen LogP contribution in [0.4, 0.5) is 4.79 Å². The summed E-state index contributed by atoms with van der Waals surface area (Å²) in [5.41, 5.74) is 1.44. The zero-order valence-electron chi connectivity index (χ0n) is 15.3. The van der Waals surface area contributed by atoms with Crippen molar-refractivity contribution in [1.29, 1.82) is 0 Å². The zero-order chi connectivity index (χ0) is 18.8. The smallest absolute Gasteiger partial charge is 0.413 e. The summed E-state index contributed by atoms with van der Waals surface area (Å²) in [7, 11) is 1.15. The predicted molar refractivity (Wildman–Crippen MR) is 94.7 cm³/mol. The van der Waals surface area contributed by atoms with Crippen LogP contribution >= 0.6 is 11.3 Å². The third kappa shape index (κ3) is 4.81. The topological polar surface area (TPSA) is 81.7 Å². The Morgan fingerprint density at radius 3 is 2.60 bits per heavy atom. The lowest BCUT2D eigenvalue weighted by molar-refractivity contribution is -0.128. The molecule has 2 atom stereocenters. The summed E-state index contributed by atoms with van der Waals surface area (Å²) in [4.78, 5) is 36.8. The van der Waals surface area contributed by atoms with E-state index in [1.54, 1.807) is 0 Å². The summed E-state index contributed by atoms with van der Waals surface area (Å²) in [6, 6.07) is 1.88. The van der Waals surface area contributed by atoms with Crippen molar-refractivity contribution < 1.29 is 23.9 Å². The molecule has 0 saturated heterocycles. The summed E-state index contributed by atoms with van der Waals surface area (Å²) in [5, 5.41) is 1.98. The van der Waals surface area contributed by atoms with Crippen LogP contribution in [-0.4, -0.2) is 31.2 Å². The molecule has 25 heavy (non-hydrogen) atoms. The van der Waals surface area contributed by atoms with E-state index in [0.717, 1.165) is 26.4 Å². The van der Waals surface area contributed by atoms with Crippen molar-refractivity contribution in [3.63, 3.8) is 0 Å². The number of hydrogen-bond acceptors (Lipinski definition) is 6. The molecule has 138 valence electrons. The molecule has 1 aromatic rings.